The second kappa shape index (κ2) is 6.36. The van der Waals surface area contributed by atoms with Gasteiger partial charge >= 0.3 is 5.97 Å². The van der Waals surface area contributed by atoms with E-state index in [1.165, 1.54) is 18.2 Å². The zero-order chi connectivity index (χ0) is 11.5. The predicted molar refractivity (Wildman–Crippen MR) is 58.0 cm³/mol. The molecule has 0 amide bonds. The number of hydrogen-bond donors (Lipinski definition) is 1. The van der Waals surface area contributed by atoms with Crippen molar-refractivity contribution in [2.45, 2.75) is 11.8 Å². The molecule has 7 heteroatoms. The van der Waals surface area contributed by atoms with Crippen LogP contribution in [0.15, 0.2) is 29.2 Å². The maximum Gasteiger partial charge on any atom is 0.339 e. The van der Waals surface area contributed by atoms with E-state index in [0.717, 1.165) is 6.07 Å². The first kappa shape index (κ1) is 15.6. The van der Waals surface area contributed by atoms with Gasteiger partial charge in [-0.1, -0.05) is 12.1 Å². The fraction of sp³-hybridized carbons (Fsp3) is 0.222. The van der Waals surface area contributed by atoms with Crippen LogP contribution >= 0.6 is 0 Å². The summed E-state index contributed by atoms with van der Waals surface area (Å²) in [5.41, 5.74) is -0.165. The Morgan fingerprint density at radius 3 is 2.44 bits per heavy atom. The second-order valence-electron chi connectivity index (χ2n) is 2.69. The molecule has 0 fully saturated rings. The molecule has 0 unspecified atom stereocenters. The largest absolute Gasteiger partial charge is 0.462 e. The fourth-order valence-electron chi connectivity index (χ4n) is 1.07. The van der Waals surface area contributed by atoms with E-state index in [-0.39, 0.29) is 41.7 Å². The minimum Gasteiger partial charge on any atom is -0.462 e. The average Bonchev–Trinajstić information content (AvgIpc) is 2.17. The van der Waals surface area contributed by atoms with Crippen molar-refractivity contribution in [2.24, 2.45) is 0 Å². The van der Waals surface area contributed by atoms with Gasteiger partial charge in [0.05, 0.1) is 12.2 Å². The Morgan fingerprint density at radius 1 is 1.38 bits per heavy atom. The van der Waals surface area contributed by atoms with Crippen LogP contribution in [-0.4, -0.2) is 55.1 Å². The molecule has 0 bridgehead atoms. The van der Waals surface area contributed by atoms with Gasteiger partial charge in [-0.15, -0.1) is 0 Å². The number of benzene rings is 1. The van der Waals surface area contributed by atoms with Gasteiger partial charge in [0.15, 0.2) is 0 Å². The third kappa shape index (κ3) is 3.88. The van der Waals surface area contributed by atoms with Crippen LogP contribution in [0.3, 0.4) is 0 Å². The van der Waals surface area contributed by atoms with Gasteiger partial charge in [-0.3, -0.25) is 4.55 Å². The summed E-state index contributed by atoms with van der Waals surface area (Å²) in [5.74, 6) is -0.772. The molecule has 1 aromatic carbocycles. The van der Waals surface area contributed by atoms with Crippen molar-refractivity contribution >= 4 is 45.6 Å². The molecule has 0 aliphatic carbocycles. The summed E-state index contributed by atoms with van der Waals surface area (Å²) in [4.78, 5) is 10.9. The number of esters is 1. The average molecular weight is 253 g/mol. The maximum absolute atomic E-state index is 11.3. The molecule has 1 radical (unpaired) electrons. The maximum atomic E-state index is 11.3. The van der Waals surface area contributed by atoms with E-state index in [2.05, 4.69) is 4.74 Å². The Kier molecular flexibility index (Phi) is 6.20. The first-order valence-electron chi connectivity index (χ1n) is 4.20. The molecule has 16 heavy (non-hydrogen) atoms. The molecular weight excluding hydrogens is 243 g/mol. The molecule has 0 saturated heterocycles. The molecule has 1 rings (SSSR count). The number of carbonyl (C=O) groups excluding carboxylic acids is 1. The standard InChI is InChI=1S/C9H10O5S.Na/c1-2-14-9(10)7-5-3-4-6-8(7)15(11,12)13;/h3-6H,2H2,1H3,(H,11,12,13);. The molecule has 0 saturated carbocycles. The molecule has 0 heterocycles. The quantitative estimate of drug-likeness (QED) is 0.488. The van der Waals surface area contributed by atoms with Crippen LogP contribution < -0.4 is 0 Å². The number of carbonyl (C=O) groups is 1. The van der Waals surface area contributed by atoms with Gasteiger partial charge in [0.25, 0.3) is 10.1 Å². The Bertz CT molecular complexity index is 469. The molecule has 0 spiro atoms. The summed E-state index contributed by atoms with van der Waals surface area (Å²) in [5, 5.41) is 0. The van der Waals surface area contributed by atoms with Crippen molar-refractivity contribution in [3.8, 4) is 0 Å². The van der Waals surface area contributed by atoms with Crippen LogP contribution in [0.2, 0.25) is 0 Å². The van der Waals surface area contributed by atoms with Crippen molar-refractivity contribution < 1.29 is 22.5 Å². The third-order valence-electron chi connectivity index (χ3n) is 1.66. The van der Waals surface area contributed by atoms with Crippen LogP contribution in [0.25, 0.3) is 0 Å². The van der Waals surface area contributed by atoms with E-state index in [1.807, 2.05) is 0 Å². The van der Waals surface area contributed by atoms with Crippen LogP contribution in [0.1, 0.15) is 17.3 Å². The molecule has 1 N–H and O–H groups in total. The van der Waals surface area contributed by atoms with Crippen molar-refractivity contribution in [3.63, 3.8) is 0 Å². The van der Waals surface area contributed by atoms with Crippen molar-refractivity contribution in [1.29, 1.82) is 0 Å². The Labute approximate surface area is 116 Å². The van der Waals surface area contributed by atoms with E-state index in [0.29, 0.717) is 0 Å². The summed E-state index contributed by atoms with van der Waals surface area (Å²) in [6.45, 7) is 1.74. The molecule has 0 atom stereocenters. The molecule has 0 aliphatic heterocycles. The molecule has 5 nitrogen and oxygen atoms in total. The summed E-state index contributed by atoms with van der Waals surface area (Å²) >= 11 is 0. The second-order valence-corrected chi connectivity index (χ2v) is 4.08. The topological polar surface area (TPSA) is 80.7 Å². The molecule has 1 aromatic rings. The SMILES string of the molecule is CCOC(=O)c1ccccc1S(=O)(=O)O.[Na]. The molecule has 0 aromatic heterocycles. The van der Waals surface area contributed by atoms with E-state index < -0.39 is 21.0 Å². The van der Waals surface area contributed by atoms with Crippen LogP contribution in [-0.2, 0) is 14.9 Å². The molecular formula is C9H10NaO5S. The van der Waals surface area contributed by atoms with E-state index in [1.54, 1.807) is 6.92 Å². The summed E-state index contributed by atoms with van der Waals surface area (Å²) in [6.07, 6.45) is 0. The van der Waals surface area contributed by atoms with Gasteiger partial charge in [-0.25, -0.2) is 4.79 Å². The minimum absolute atomic E-state index is 0. The minimum atomic E-state index is -4.40. The normalized spacial score (nSPS) is 10.4. The van der Waals surface area contributed by atoms with Crippen molar-refractivity contribution in [1.82, 2.24) is 0 Å². The Hall–Kier alpha value is -0.400. The Morgan fingerprint density at radius 2 is 1.94 bits per heavy atom. The summed E-state index contributed by atoms with van der Waals surface area (Å²) < 4.78 is 35.3. The molecule has 83 valence electrons. The molecule has 0 aliphatic rings. The van der Waals surface area contributed by atoms with Crippen LogP contribution in [0.5, 0.6) is 0 Å². The van der Waals surface area contributed by atoms with E-state index in [4.69, 9.17) is 4.55 Å². The fourth-order valence-corrected chi connectivity index (χ4v) is 1.75. The monoisotopic (exact) mass is 253 g/mol. The van der Waals surface area contributed by atoms with Crippen molar-refractivity contribution in [3.05, 3.63) is 29.8 Å². The zero-order valence-electron chi connectivity index (χ0n) is 9.00. The van der Waals surface area contributed by atoms with Gasteiger partial charge < -0.3 is 4.74 Å². The van der Waals surface area contributed by atoms with Gasteiger partial charge in [0.1, 0.15) is 4.90 Å². The summed E-state index contributed by atoms with van der Waals surface area (Å²) in [7, 11) is -4.40. The van der Waals surface area contributed by atoms with Crippen LogP contribution in [0, 0.1) is 0 Å². The first-order valence-corrected chi connectivity index (χ1v) is 5.64. The predicted octanol–water partition coefficient (Wildman–Crippen LogP) is 0.729. The number of hydrogen-bond acceptors (Lipinski definition) is 4. The number of rotatable bonds is 3. The number of ether oxygens (including phenoxy) is 1. The summed E-state index contributed by atoms with van der Waals surface area (Å²) in [6, 6.07) is 5.31. The third-order valence-corrected chi connectivity index (χ3v) is 2.57. The van der Waals surface area contributed by atoms with Gasteiger partial charge in [0, 0.05) is 29.6 Å². The van der Waals surface area contributed by atoms with Gasteiger partial charge in [-0.05, 0) is 19.1 Å². The zero-order valence-corrected chi connectivity index (χ0v) is 11.8. The van der Waals surface area contributed by atoms with E-state index in [9.17, 15) is 13.2 Å². The van der Waals surface area contributed by atoms with Gasteiger partial charge in [0.2, 0.25) is 0 Å². The van der Waals surface area contributed by atoms with Gasteiger partial charge in [-0.2, -0.15) is 8.42 Å². The van der Waals surface area contributed by atoms with Crippen LogP contribution in [0.4, 0.5) is 0 Å². The smallest absolute Gasteiger partial charge is 0.339 e. The Balaban J connectivity index is 0.00000225. The first-order chi connectivity index (χ1) is 6.96. The van der Waals surface area contributed by atoms with E-state index >= 15 is 0 Å². The van der Waals surface area contributed by atoms with Crippen molar-refractivity contribution in [2.75, 3.05) is 6.61 Å².